The molecule has 0 radical (unpaired) electrons. The van der Waals surface area contributed by atoms with Gasteiger partial charge in [0.2, 0.25) is 0 Å². The number of nitrogens with one attached hydrogen (secondary N) is 1. The second-order valence-corrected chi connectivity index (χ2v) is 7.40. The third kappa shape index (κ3) is 5.12. The Labute approximate surface area is 128 Å². The predicted molar refractivity (Wildman–Crippen MR) is 90.2 cm³/mol. The Balaban J connectivity index is 1.90. The van der Waals surface area contributed by atoms with E-state index in [0.29, 0.717) is 6.04 Å². The monoisotopic (exact) mass is 292 g/mol. The van der Waals surface area contributed by atoms with E-state index in [1.807, 2.05) is 0 Å². The van der Waals surface area contributed by atoms with Crippen molar-refractivity contribution in [2.45, 2.75) is 51.6 Å². The van der Waals surface area contributed by atoms with Crippen LogP contribution in [0.2, 0.25) is 0 Å². The van der Waals surface area contributed by atoms with Crippen LogP contribution in [0, 0.1) is 0 Å². The van der Waals surface area contributed by atoms with Gasteiger partial charge in [0, 0.05) is 43.2 Å². The van der Waals surface area contributed by atoms with Crippen molar-refractivity contribution in [2.75, 3.05) is 18.8 Å². The molecule has 1 aliphatic rings. The largest absolute Gasteiger partial charge is 0.310 e. The van der Waals surface area contributed by atoms with Crippen LogP contribution >= 0.6 is 11.8 Å². The lowest BCUT2D eigenvalue weighted by atomic mass is 10.1. The molecule has 1 aromatic rings. The maximum Gasteiger partial charge on any atom is 0.0234 e. The summed E-state index contributed by atoms with van der Waals surface area (Å²) in [5, 5.41) is 4.32. The van der Waals surface area contributed by atoms with Gasteiger partial charge < -0.3 is 5.32 Å². The van der Waals surface area contributed by atoms with Crippen molar-refractivity contribution in [3.8, 4) is 0 Å². The highest BCUT2D eigenvalue weighted by Gasteiger charge is 2.18. The van der Waals surface area contributed by atoms with Crippen molar-refractivity contribution in [3.05, 3.63) is 35.4 Å². The van der Waals surface area contributed by atoms with Crippen LogP contribution in [-0.4, -0.2) is 35.0 Å². The number of hydrogen-bond donors (Lipinski definition) is 1. The summed E-state index contributed by atoms with van der Waals surface area (Å²) in [6, 6.07) is 9.59. The quantitative estimate of drug-likeness (QED) is 0.864. The summed E-state index contributed by atoms with van der Waals surface area (Å²) in [6.45, 7) is 11.2. The van der Waals surface area contributed by atoms with Gasteiger partial charge in [0.05, 0.1) is 0 Å². The first-order chi connectivity index (χ1) is 9.67. The summed E-state index contributed by atoms with van der Waals surface area (Å²) in [5.41, 5.74) is 2.85. The zero-order valence-corrected chi connectivity index (χ0v) is 13.9. The number of hydrogen-bond acceptors (Lipinski definition) is 3. The van der Waals surface area contributed by atoms with E-state index in [2.05, 4.69) is 67.0 Å². The molecule has 0 bridgehead atoms. The molecule has 112 valence electrons. The maximum atomic E-state index is 3.49. The normalized spacial score (nSPS) is 20.5. The minimum absolute atomic E-state index is 0.545. The molecule has 20 heavy (non-hydrogen) atoms. The standard InChI is InChI=1S/C17H28N2S/c1-4-17-13-19(8-9-20-17)12-16-7-5-6-15(10-16)11-18-14(2)3/h5-7,10,14,17-18H,4,8-9,11-13H2,1-3H3. The number of nitrogens with zero attached hydrogens (tertiary/aromatic N) is 1. The van der Waals surface area contributed by atoms with E-state index in [-0.39, 0.29) is 0 Å². The molecule has 0 aliphatic carbocycles. The lowest BCUT2D eigenvalue weighted by Crippen LogP contribution is -2.37. The summed E-state index contributed by atoms with van der Waals surface area (Å²) in [5.74, 6) is 1.28. The van der Waals surface area contributed by atoms with E-state index in [1.165, 1.54) is 36.4 Å². The average molecular weight is 292 g/mol. The van der Waals surface area contributed by atoms with Crippen LogP contribution in [0.3, 0.4) is 0 Å². The molecular weight excluding hydrogens is 264 g/mol. The van der Waals surface area contributed by atoms with Gasteiger partial charge in [-0.1, -0.05) is 45.0 Å². The molecule has 1 aliphatic heterocycles. The van der Waals surface area contributed by atoms with E-state index in [4.69, 9.17) is 0 Å². The topological polar surface area (TPSA) is 15.3 Å². The smallest absolute Gasteiger partial charge is 0.0234 e. The third-order valence-electron chi connectivity index (χ3n) is 3.79. The molecule has 1 N–H and O–H groups in total. The Kier molecular flexibility index (Phi) is 6.40. The number of thioether (sulfide) groups is 1. The SMILES string of the molecule is CCC1CN(Cc2cccc(CNC(C)C)c2)CCS1. The lowest BCUT2D eigenvalue weighted by molar-refractivity contribution is 0.273. The fourth-order valence-corrected chi connectivity index (χ4v) is 3.84. The Bertz CT molecular complexity index is 406. The van der Waals surface area contributed by atoms with Crippen molar-refractivity contribution in [3.63, 3.8) is 0 Å². The van der Waals surface area contributed by atoms with Crippen LogP contribution in [-0.2, 0) is 13.1 Å². The highest BCUT2D eigenvalue weighted by atomic mass is 32.2. The maximum absolute atomic E-state index is 3.49. The Morgan fingerprint density at radius 2 is 2.15 bits per heavy atom. The highest BCUT2D eigenvalue weighted by molar-refractivity contribution is 8.00. The predicted octanol–water partition coefficient (Wildman–Crippen LogP) is 3.51. The molecule has 0 spiro atoms. The zero-order chi connectivity index (χ0) is 14.4. The minimum Gasteiger partial charge on any atom is -0.310 e. The van der Waals surface area contributed by atoms with Crippen LogP contribution in [0.4, 0.5) is 0 Å². The van der Waals surface area contributed by atoms with Crippen molar-refractivity contribution < 1.29 is 0 Å². The van der Waals surface area contributed by atoms with Crippen molar-refractivity contribution >= 4 is 11.8 Å². The molecule has 0 amide bonds. The zero-order valence-electron chi connectivity index (χ0n) is 13.1. The molecule has 1 fully saturated rings. The fourth-order valence-electron chi connectivity index (χ4n) is 2.59. The van der Waals surface area contributed by atoms with E-state index in [0.717, 1.165) is 18.3 Å². The van der Waals surface area contributed by atoms with E-state index in [9.17, 15) is 0 Å². The van der Waals surface area contributed by atoms with Gasteiger partial charge >= 0.3 is 0 Å². The van der Waals surface area contributed by atoms with Gasteiger partial charge in [0.25, 0.3) is 0 Å². The van der Waals surface area contributed by atoms with Gasteiger partial charge in [0.15, 0.2) is 0 Å². The second kappa shape index (κ2) is 8.06. The molecule has 2 nitrogen and oxygen atoms in total. The molecule has 3 heteroatoms. The fraction of sp³-hybridized carbons (Fsp3) is 0.647. The van der Waals surface area contributed by atoms with Crippen LogP contribution in [0.15, 0.2) is 24.3 Å². The summed E-state index contributed by atoms with van der Waals surface area (Å²) < 4.78 is 0. The number of benzene rings is 1. The summed E-state index contributed by atoms with van der Waals surface area (Å²) in [6.07, 6.45) is 1.29. The Morgan fingerprint density at radius 3 is 2.90 bits per heavy atom. The number of rotatable bonds is 6. The first kappa shape index (κ1) is 15.9. The van der Waals surface area contributed by atoms with Crippen LogP contribution in [0.25, 0.3) is 0 Å². The van der Waals surface area contributed by atoms with E-state index < -0.39 is 0 Å². The minimum atomic E-state index is 0.545. The highest BCUT2D eigenvalue weighted by Crippen LogP contribution is 2.22. The summed E-state index contributed by atoms with van der Waals surface area (Å²) in [7, 11) is 0. The van der Waals surface area contributed by atoms with Crippen LogP contribution in [0.5, 0.6) is 0 Å². The van der Waals surface area contributed by atoms with E-state index in [1.54, 1.807) is 0 Å². The molecule has 2 rings (SSSR count). The van der Waals surface area contributed by atoms with Gasteiger partial charge in [-0.15, -0.1) is 0 Å². The molecular formula is C17H28N2S. The molecule has 1 heterocycles. The van der Waals surface area contributed by atoms with Gasteiger partial charge in [-0.25, -0.2) is 0 Å². The lowest BCUT2D eigenvalue weighted by Gasteiger charge is -2.32. The molecule has 0 aromatic heterocycles. The Hall–Kier alpha value is -0.510. The van der Waals surface area contributed by atoms with Gasteiger partial charge in [-0.3, -0.25) is 4.90 Å². The van der Waals surface area contributed by atoms with Crippen LogP contribution in [0.1, 0.15) is 38.3 Å². The van der Waals surface area contributed by atoms with Crippen molar-refractivity contribution in [1.82, 2.24) is 10.2 Å². The molecule has 1 aromatic carbocycles. The average Bonchev–Trinajstić information content (AvgIpc) is 2.46. The Morgan fingerprint density at radius 1 is 1.35 bits per heavy atom. The third-order valence-corrected chi connectivity index (χ3v) is 5.16. The molecule has 1 unspecified atom stereocenters. The molecule has 1 saturated heterocycles. The summed E-state index contributed by atoms with van der Waals surface area (Å²) >= 11 is 2.14. The first-order valence-electron chi connectivity index (χ1n) is 7.82. The van der Waals surface area contributed by atoms with Gasteiger partial charge in [-0.2, -0.15) is 11.8 Å². The van der Waals surface area contributed by atoms with Gasteiger partial charge in [-0.05, 0) is 17.5 Å². The van der Waals surface area contributed by atoms with Crippen molar-refractivity contribution in [1.29, 1.82) is 0 Å². The van der Waals surface area contributed by atoms with Gasteiger partial charge in [0.1, 0.15) is 0 Å². The molecule has 0 saturated carbocycles. The van der Waals surface area contributed by atoms with E-state index >= 15 is 0 Å². The summed E-state index contributed by atoms with van der Waals surface area (Å²) in [4.78, 5) is 2.61. The van der Waals surface area contributed by atoms with Crippen molar-refractivity contribution in [2.24, 2.45) is 0 Å². The van der Waals surface area contributed by atoms with Crippen LogP contribution < -0.4 is 5.32 Å². The first-order valence-corrected chi connectivity index (χ1v) is 8.87. The molecule has 1 atom stereocenters. The second-order valence-electron chi connectivity index (χ2n) is 5.99.